The van der Waals surface area contributed by atoms with E-state index in [1.165, 1.54) is 25.5 Å². The molecule has 1 aliphatic rings. The fourth-order valence-corrected chi connectivity index (χ4v) is 2.40. The van der Waals surface area contributed by atoms with Crippen molar-refractivity contribution in [2.24, 2.45) is 4.99 Å². The number of sulfone groups is 1. The van der Waals surface area contributed by atoms with E-state index in [1.807, 2.05) is 0 Å². The van der Waals surface area contributed by atoms with Crippen LogP contribution in [0.5, 0.6) is 0 Å². The standard InChI is InChI=1S/C13H27N3O2S.HI/c1-13(2,19(4,17)18)10-15-12(14-3)16-11-8-6-5-7-9-11;/h11H,5-10H2,1-4H3,(H2,14,15,16);1H. The van der Waals surface area contributed by atoms with Crippen LogP contribution >= 0.6 is 24.0 Å². The highest BCUT2D eigenvalue weighted by molar-refractivity contribution is 14.0. The fraction of sp³-hybridized carbons (Fsp3) is 0.923. The predicted molar refractivity (Wildman–Crippen MR) is 95.7 cm³/mol. The van der Waals surface area contributed by atoms with Crippen molar-refractivity contribution in [2.75, 3.05) is 19.8 Å². The number of nitrogens with one attached hydrogen (secondary N) is 2. The first kappa shape index (κ1) is 19.9. The van der Waals surface area contributed by atoms with Gasteiger partial charge in [0, 0.05) is 25.9 Å². The predicted octanol–water partition coefficient (Wildman–Crippen LogP) is 1.93. The van der Waals surface area contributed by atoms with Crippen LogP contribution in [0.4, 0.5) is 0 Å². The van der Waals surface area contributed by atoms with E-state index in [-0.39, 0.29) is 24.0 Å². The molecule has 5 nitrogen and oxygen atoms in total. The third-order valence-electron chi connectivity index (χ3n) is 3.85. The number of hydrogen-bond acceptors (Lipinski definition) is 3. The lowest BCUT2D eigenvalue weighted by Crippen LogP contribution is -2.50. The Bertz CT molecular complexity index is 415. The lowest BCUT2D eigenvalue weighted by atomic mass is 9.96. The van der Waals surface area contributed by atoms with Gasteiger partial charge in [0.15, 0.2) is 15.8 Å². The van der Waals surface area contributed by atoms with Gasteiger partial charge in [0.2, 0.25) is 0 Å². The van der Waals surface area contributed by atoms with Crippen molar-refractivity contribution in [3.8, 4) is 0 Å². The van der Waals surface area contributed by atoms with E-state index in [2.05, 4.69) is 15.6 Å². The van der Waals surface area contributed by atoms with E-state index in [1.54, 1.807) is 20.9 Å². The third-order valence-corrected chi connectivity index (χ3v) is 6.01. The molecule has 0 aliphatic heterocycles. The molecule has 0 aromatic heterocycles. The first-order valence-corrected chi connectivity index (χ1v) is 8.82. The summed E-state index contributed by atoms with van der Waals surface area (Å²) >= 11 is 0. The summed E-state index contributed by atoms with van der Waals surface area (Å²) in [5, 5.41) is 6.50. The number of rotatable bonds is 4. The van der Waals surface area contributed by atoms with Crippen molar-refractivity contribution in [3.05, 3.63) is 0 Å². The number of guanidine groups is 1. The molecule has 2 N–H and O–H groups in total. The summed E-state index contributed by atoms with van der Waals surface area (Å²) < 4.78 is 22.5. The molecule has 0 atom stereocenters. The average Bonchev–Trinajstić information content (AvgIpc) is 2.34. The molecular formula is C13H28IN3O2S. The Morgan fingerprint density at radius 2 is 1.80 bits per heavy atom. The van der Waals surface area contributed by atoms with Gasteiger partial charge < -0.3 is 10.6 Å². The summed E-state index contributed by atoms with van der Waals surface area (Å²) in [6, 6.07) is 0.460. The highest BCUT2D eigenvalue weighted by Crippen LogP contribution is 2.17. The largest absolute Gasteiger partial charge is 0.355 e. The van der Waals surface area contributed by atoms with E-state index < -0.39 is 14.6 Å². The number of halogens is 1. The van der Waals surface area contributed by atoms with Crippen LogP contribution in [0.25, 0.3) is 0 Å². The summed E-state index contributed by atoms with van der Waals surface area (Å²) in [4.78, 5) is 4.17. The van der Waals surface area contributed by atoms with E-state index in [4.69, 9.17) is 0 Å². The Balaban J connectivity index is 0.00000361. The molecular weight excluding hydrogens is 389 g/mol. The van der Waals surface area contributed by atoms with Crippen molar-refractivity contribution in [1.29, 1.82) is 0 Å². The van der Waals surface area contributed by atoms with Gasteiger partial charge >= 0.3 is 0 Å². The molecule has 0 unspecified atom stereocenters. The molecule has 0 bridgehead atoms. The smallest absolute Gasteiger partial charge is 0.191 e. The first-order valence-electron chi connectivity index (χ1n) is 6.93. The minimum atomic E-state index is -3.08. The molecule has 20 heavy (non-hydrogen) atoms. The lowest BCUT2D eigenvalue weighted by Gasteiger charge is -2.27. The van der Waals surface area contributed by atoms with Gasteiger partial charge in [0.1, 0.15) is 0 Å². The second-order valence-corrected chi connectivity index (χ2v) is 8.59. The molecule has 120 valence electrons. The van der Waals surface area contributed by atoms with Crippen LogP contribution in [0, 0.1) is 0 Å². The van der Waals surface area contributed by atoms with Crippen molar-refractivity contribution in [2.45, 2.75) is 56.7 Å². The monoisotopic (exact) mass is 417 g/mol. The Kier molecular flexibility index (Phi) is 8.39. The van der Waals surface area contributed by atoms with Crippen molar-refractivity contribution >= 4 is 39.8 Å². The van der Waals surface area contributed by atoms with E-state index in [9.17, 15) is 8.42 Å². The molecule has 0 saturated heterocycles. The zero-order chi connectivity index (χ0) is 14.5. The molecule has 1 rings (SSSR count). The highest BCUT2D eigenvalue weighted by Gasteiger charge is 2.30. The minimum Gasteiger partial charge on any atom is -0.355 e. The molecule has 1 aliphatic carbocycles. The van der Waals surface area contributed by atoms with Crippen LogP contribution < -0.4 is 10.6 Å². The van der Waals surface area contributed by atoms with Crippen molar-refractivity contribution in [3.63, 3.8) is 0 Å². The SMILES string of the molecule is CN=C(NCC(C)(C)S(C)(=O)=O)NC1CCCCC1.I. The molecule has 0 heterocycles. The normalized spacial score (nSPS) is 18.3. The van der Waals surface area contributed by atoms with Gasteiger partial charge in [0.05, 0.1) is 4.75 Å². The van der Waals surface area contributed by atoms with Gasteiger partial charge in [-0.05, 0) is 26.7 Å². The molecule has 0 spiro atoms. The summed E-state index contributed by atoms with van der Waals surface area (Å²) in [6.45, 7) is 3.81. The van der Waals surface area contributed by atoms with Gasteiger partial charge in [-0.25, -0.2) is 8.42 Å². The fourth-order valence-electron chi connectivity index (χ4n) is 2.06. The molecule has 1 saturated carbocycles. The van der Waals surface area contributed by atoms with Gasteiger partial charge in [-0.1, -0.05) is 19.3 Å². The first-order chi connectivity index (χ1) is 8.76. The van der Waals surface area contributed by atoms with Crippen LogP contribution in [0.2, 0.25) is 0 Å². The quantitative estimate of drug-likeness (QED) is 0.417. The van der Waals surface area contributed by atoms with Gasteiger partial charge in [-0.3, -0.25) is 4.99 Å². The maximum Gasteiger partial charge on any atom is 0.191 e. The van der Waals surface area contributed by atoms with Crippen LogP contribution in [0.15, 0.2) is 4.99 Å². The Morgan fingerprint density at radius 1 is 1.25 bits per heavy atom. The zero-order valence-electron chi connectivity index (χ0n) is 12.9. The summed E-state index contributed by atoms with van der Waals surface area (Å²) in [5.41, 5.74) is 0. The summed E-state index contributed by atoms with van der Waals surface area (Å²) in [7, 11) is -1.37. The average molecular weight is 417 g/mol. The van der Waals surface area contributed by atoms with E-state index in [0.717, 1.165) is 12.8 Å². The Morgan fingerprint density at radius 3 is 2.25 bits per heavy atom. The van der Waals surface area contributed by atoms with Crippen LogP contribution in [0.3, 0.4) is 0 Å². The van der Waals surface area contributed by atoms with Crippen LogP contribution in [-0.2, 0) is 9.84 Å². The van der Waals surface area contributed by atoms with Gasteiger partial charge in [0.25, 0.3) is 0 Å². The second kappa shape index (κ2) is 8.41. The number of nitrogens with zero attached hydrogens (tertiary/aromatic N) is 1. The summed E-state index contributed by atoms with van der Waals surface area (Å²) in [6.07, 6.45) is 7.41. The van der Waals surface area contributed by atoms with E-state index in [0.29, 0.717) is 18.5 Å². The molecule has 0 radical (unpaired) electrons. The molecule has 0 aromatic carbocycles. The Hall–Kier alpha value is -0.0500. The van der Waals surface area contributed by atoms with Gasteiger partial charge in [-0.2, -0.15) is 0 Å². The molecule has 0 aromatic rings. The molecule has 0 amide bonds. The summed E-state index contributed by atoms with van der Waals surface area (Å²) in [5.74, 6) is 0.698. The van der Waals surface area contributed by atoms with Crippen molar-refractivity contribution < 1.29 is 8.42 Å². The number of aliphatic imine (C=N–C) groups is 1. The lowest BCUT2D eigenvalue weighted by molar-refractivity contribution is 0.409. The van der Waals surface area contributed by atoms with E-state index >= 15 is 0 Å². The van der Waals surface area contributed by atoms with Crippen molar-refractivity contribution in [1.82, 2.24) is 10.6 Å². The van der Waals surface area contributed by atoms with Crippen LogP contribution in [0.1, 0.15) is 46.0 Å². The highest BCUT2D eigenvalue weighted by atomic mass is 127. The zero-order valence-corrected chi connectivity index (χ0v) is 16.0. The maximum absolute atomic E-state index is 11.6. The molecule has 1 fully saturated rings. The molecule has 7 heteroatoms. The topological polar surface area (TPSA) is 70.6 Å². The third kappa shape index (κ3) is 6.15. The minimum absolute atomic E-state index is 0. The van der Waals surface area contributed by atoms with Gasteiger partial charge in [-0.15, -0.1) is 24.0 Å². The Labute approximate surface area is 140 Å². The maximum atomic E-state index is 11.6. The van der Waals surface area contributed by atoms with Crippen LogP contribution in [-0.4, -0.2) is 45.0 Å². The second-order valence-electron chi connectivity index (χ2n) is 5.94. The number of hydrogen-bond donors (Lipinski definition) is 2.